The molecule has 3 N–H and O–H groups in total. The Bertz CT molecular complexity index is 707. The van der Waals surface area contributed by atoms with Crippen LogP contribution in [0, 0.1) is 0 Å². The van der Waals surface area contributed by atoms with Crippen molar-refractivity contribution in [1.82, 2.24) is 15.5 Å². The minimum absolute atomic E-state index is 0.177. The van der Waals surface area contributed by atoms with Gasteiger partial charge in [-0.2, -0.15) is 11.3 Å². The summed E-state index contributed by atoms with van der Waals surface area (Å²) < 4.78 is 5.72. The smallest absolute Gasteiger partial charge is 0.191 e. The molecule has 0 aromatic carbocycles. The van der Waals surface area contributed by atoms with Crippen LogP contribution in [0.25, 0.3) is 0 Å². The lowest BCUT2D eigenvalue weighted by atomic mass is 10.00. The highest BCUT2D eigenvalue weighted by Crippen LogP contribution is 2.25. The van der Waals surface area contributed by atoms with Crippen LogP contribution in [-0.2, 0) is 5.60 Å². The van der Waals surface area contributed by atoms with E-state index in [0.29, 0.717) is 19.0 Å². The molecule has 2 unspecified atom stereocenters. The van der Waals surface area contributed by atoms with E-state index in [1.807, 2.05) is 42.8 Å². The number of furan rings is 1. The molecule has 7 heteroatoms. The number of piperidine rings is 1. The number of aliphatic hydroxyl groups is 1. The van der Waals surface area contributed by atoms with Gasteiger partial charge in [0.25, 0.3) is 0 Å². The van der Waals surface area contributed by atoms with E-state index in [9.17, 15) is 5.11 Å². The first-order valence-electron chi connectivity index (χ1n) is 10.1. The van der Waals surface area contributed by atoms with Crippen molar-refractivity contribution in [1.29, 1.82) is 0 Å². The van der Waals surface area contributed by atoms with Gasteiger partial charge in [-0.15, -0.1) is 0 Å². The highest BCUT2D eigenvalue weighted by molar-refractivity contribution is 7.08. The summed E-state index contributed by atoms with van der Waals surface area (Å²) in [5, 5.41) is 21.4. The largest absolute Gasteiger partial charge is 0.468 e. The molecule has 2 aromatic heterocycles. The summed E-state index contributed by atoms with van der Waals surface area (Å²) in [7, 11) is 0. The molecule has 1 saturated heterocycles. The van der Waals surface area contributed by atoms with Gasteiger partial charge in [0.05, 0.1) is 18.8 Å². The maximum absolute atomic E-state index is 10.7. The number of nitrogens with one attached hydrogen (secondary N) is 2. The molecule has 0 saturated carbocycles. The van der Waals surface area contributed by atoms with Gasteiger partial charge in [0.1, 0.15) is 11.4 Å². The Morgan fingerprint density at radius 3 is 2.79 bits per heavy atom. The Morgan fingerprint density at radius 1 is 1.32 bits per heavy atom. The summed E-state index contributed by atoms with van der Waals surface area (Å²) in [6.45, 7) is 7.81. The van der Waals surface area contributed by atoms with Crippen LogP contribution in [0.5, 0.6) is 0 Å². The average Bonchev–Trinajstić information content (AvgIpc) is 3.41. The van der Waals surface area contributed by atoms with E-state index in [2.05, 4.69) is 20.5 Å². The SMILES string of the molecule is CCNC(=NCC(C)(O)c1ccsc1)NCC(c1ccco1)N1CCCCC1. The van der Waals surface area contributed by atoms with E-state index in [-0.39, 0.29) is 6.04 Å². The molecule has 1 fully saturated rings. The van der Waals surface area contributed by atoms with Gasteiger partial charge in [0, 0.05) is 13.1 Å². The van der Waals surface area contributed by atoms with Gasteiger partial charge in [0.15, 0.2) is 5.96 Å². The summed E-state index contributed by atoms with van der Waals surface area (Å²) in [6, 6.07) is 6.12. The van der Waals surface area contributed by atoms with Crippen molar-refractivity contribution < 1.29 is 9.52 Å². The number of guanidine groups is 1. The van der Waals surface area contributed by atoms with Gasteiger partial charge in [-0.3, -0.25) is 4.90 Å². The normalized spacial score (nSPS) is 19.2. The number of thiophene rings is 1. The summed E-state index contributed by atoms with van der Waals surface area (Å²) >= 11 is 1.58. The lowest BCUT2D eigenvalue weighted by Gasteiger charge is -2.33. The van der Waals surface area contributed by atoms with Crippen molar-refractivity contribution >= 4 is 17.3 Å². The van der Waals surface area contributed by atoms with Crippen LogP contribution in [0.15, 0.2) is 44.6 Å². The summed E-state index contributed by atoms with van der Waals surface area (Å²) in [5.74, 6) is 1.70. The van der Waals surface area contributed by atoms with Gasteiger partial charge < -0.3 is 20.2 Å². The molecule has 0 amide bonds. The first-order chi connectivity index (χ1) is 13.6. The number of likely N-dealkylation sites (tertiary alicyclic amines) is 1. The fourth-order valence-electron chi connectivity index (χ4n) is 3.55. The van der Waals surface area contributed by atoms with Crippen molar-refractivity contribution in [3.05, 3.63) is 46.5 Å². The second-order valence-corrected chi connectivity index (χ2v) is 8.27. The third kappa shape index (κ3) is 5.59. The summed E-state index contributed by atoms with van der Waals surface area (Å²) in [4.78, 5) is 7.13. The molecule has 1 aliphatic heterocycles. The van der Waals surface area contributed by atoms with E-state index >= 15 is 0 Å². The molecule has 0 aliphatic carbocycles. The zero-order valence-corrected chi connectivity index (χ0v) is 17.7. The van der Waals surface area contributed by atoms with Gasteiger partial charge in [-0.1, -0.05) is 6.42 Å². The van der Waals surface area contributed by atoms with Gasteiger partial charge in [0.2, 0.25) is 0 Å². The predicted octanol–water partition coefficient (Wildman–Crippen LogP) is 3.33. The number of hydrogen-bond acceptors (Lipinski definition) is 5. The Balaban J connectivity index is 1.66. The molecule has 0 spiro atoms. The standard InChI is InChI=1S/C21H32N4O2S/c1-3-22-20(24-16-21(2,26)17-9-13-28-15-17)23-14-18(19-8-7-12-27-19)25-10-5-4-6-11-25/h7-9,12-13,15,18,26H,3-6,10-11,14,16H2,1-2H3,(H2,22,23,24). The fraction of sp³-hybridized carbons (Fsp3) is 0.571. The van der Waals surface area contributed by atoms with Gasteiger partial charge in [-0.05, 0) is 74.3 Å². The first-order valence-corrected chi connectivity index (χ1v) is 11.1. The maximum Gasteiger partial charge on any atom is 0.191 e. The minimum Gasteiger partial charge on any atom is -0.468 e. The molecule has 0 bridgehead atoms. The van der Waals surface area contributed by atoms with Crippen molar-refractivity contribution in [3.63, 3.8) is 0 Å². The fourth-order valence-corrected chi connectivity index (χ4v) is 4.33. The first kappa shape index (κ1) is 20.9. The van der Waals surface area contributed by atoms with E-state index in [1.165, 1.54) is 19.3 Å². The Morgan fingerprint density at radius 2 is 2.14 bits per heavy atom. The van der Waals surface area contributed by atoms with Crippen molar-refractivity contribution in [2.75, 3.05) is 32.7 Å². The van der Waals surface area contributed by atoms with E-state index in [0.717, 1.165) is 31.0 Å². The Hall–Kier alpha value is -1.83. The van der Waals surface area contributed by atoms with E-state index in [1.54, 1.807) is 17.6 Å². The van der Waals surface area contributed by atoms with Gasteiger partial charge in [-0.25, -0.2) is 4.99 Å². The van der Waals surface area contributed by atoms with Crippen LogP contribution in [0.1, 0.15) is 50.5 Å². The van der Waals surface area contributed by atoms with Crippen LogP contribution >= 0.6 is 11.3 Å². The molecule has 28 heavy (non-hydrogen) atoms. The number of hydrogen-bond donors (Lipinski definition) is 3. The highest BCUT2D eigenvalue weighted by atomic mass is 32.1. The molecular formula is C21H32N4O2S. The molecule has 1 aliphatic rings. The number of rotatable bonds is 8. The number of aliphatic imine (C=N–C) groups is 1. The third-order valence-corrected chi connectivity index (χ3v) is 5.88. The molecule has 2 atom stereocenters. The Labute approximate surface area is 171 Å². The van der Waals surface area contributed by atoms with E-state index in [4.69, 9.17) is 4.42 Å². The lowest BCUT2D eigenvalue weighted by molar-refractivity contribution is 0.0677. The van der Waals surface area contributed by atoms with Crippen molar-refractivity contribution in [3.8, 4) is 0 Å². The van der Waals surface area contributed by atoms with Crippen molar-refractivity contribution in [2.24, 2.45) is 4.99 Å². The summed E-state index contributed by atoms with van der Waals surface area (Å²) in [5.41, 5.74) is -0.0748. The second kappa shape index (κ2) is 10.1. The summed E-state index contributed by atoms with van der Waals surface area (Å²) in [6.07, 6.45) is 5.50. The number of nitrogens with zero attached hydrogens (tertiary/aromatic N) is 2. The predicted molar refractivity (Wildman–Crippen MR) is 115 cm³/mol. The second-order valence-electron chi connectivity index (χ2n) is 7.49. The molecule has 3 rings (SSSR count). The van der Waals surface area contributed by atoms with Crippen LogP contribution in [0.4, 0.5) is 0 Å². The molecule has 2 aromatic rings. The molecule has 0 radical (unpaired) electrons. The van der Waals surface area contributed by atoms with Crippen LogP contribution in [0.3, 0.4) is 0 Å². The quantitative estimate of drug-likeness (QED) is 0.465. The monoisotopic (exact) mass is 404 g/mol. The topological polar surface area (TPSA) is 73.0 Å². The molecular weight excluding hydrogens is 372 g/mol. The minimum atomic E-state index is -0.977. The lowest BCUT2D eigenvalue weighted by Crippen LogP contribution is -2.45. The third-order valence-electron chi connectivity index (χ3n) is 5.20. The van der Waals surface area contributed by atoms with Gasteiger partial charge >= 0.3 is 0 Å². The Kier molecular flexibility index (Phi) is 7.53. The maximum atomic E-state index is 10.7. The van der Waals surface area contributed by atoms with Crippen LogP contribution < -0.4 is 10.6 Å². The average molecular weight is 405 g/mol. The molecule has 3 heterocycles. The van der Waals surface area contributed by atoms with Crippen LogP contribution in [0.2, 0.25) is 0 Å². The molecule has 154 valence electrons. The molecule has 6 nitrogen and oxygen atoms in total. The van der Waals surface area contributed by atoms with Crippen molar-refractivity contribution in [2.45, 2.75) is 44.8 Å². The zero-order valence-electron chi connectivity index (χ0n) is 16.9. The van der Waals surface area contributed by atoms with E-state index < -0.39 is 5.60 Å². The highest BCUT2D eigenvalue weighted by Gasteiger charge is 2.26. The van der Waals surface area contributed by atoms with Crippen LogP contribution in [-0.4, -0.2) is 48.7 Å². The zero-order chi connectivity index (χ0) is 19.8.